The Kier molecular flexibility index (Phi) is 31.3. The molecule has 468 valence electrons. The lowest BCUT2D eigenvalue weighted by atomic mass is 10.0. The molecule has 2 aliphatic heterocycles. The summed E-state index contributed by atoms with van der Waals surface area (Å²) < 4.78 is 26.1. The van der Waals surface area contributed by atoms with Crippen molar-refractivity contribution < 1.29 is 18.9 Å². The summed E-state index contributed by atoms with van der Waals surface area (Å²) in [6.07, 6.45) is 37.3. The number of halogens is 4. The van der Waals surface area contributed by atoms with E-state index in [-0.39, 0.29) is 23.1 Å². The van der Waals surface area contributed by atoms with E-state index in [1.807, 2.05) is 0 Å². The Balaban J connectivity index is 0.0000102. The molecule has 0 amide bonds. The van der Waals surface area contributed by atoms with Crippen LogP contribution in [0.1, 0.15) is 177 Å². The van der Waals surface area contributed by atoms with E-state index in [1.165, 1.54) is 103 Å². The summed E-state index contributed by atoms with van der Waals surface area (Å²) >= 11 is 14.3. The quantitative estimate of drug-likeness (QED) is 0.0226. The van der Waals surface area contributed by atoms with Gasteiger partial charge in [0.2, 0.25) is 0 Å². The molecule has 8 nitrogen and oxygen atoms in total. The van der Waals surface area contributed by atoms with E-state index in [2.05, 4.69) is 219 Å². The van der Waals surface area contributed by atoms with E-state index >= 15 is 0 Å². The van der Waals surface area contributed by atoms with Gasteiger partial charge >= 0.3 is 0 Å². The third kappa shape index (κ3) is 21.7. The Hall–Kier alpha value is -4.63. The maximum absolute atomic E-state index is 6.54. The van der Waals surface area contributed by atoms with Crippen LogP contribution >= 0.6 is 63.7 Å². The van der Waals surface area contributed by atoms with E-state index in [0.29, 0.717) is 26.4 Å². The molecule has 3 aromatic heterocycles. The van der Waals surface area contributed by atoms with Crippen molar-refractivity contribution >= 4 is 133 Å². The van der Waals surface area contributed by atoms with E-state index in [0.717, 1.165) is 185 Å². The normalized spacial score (nSPS) is 11.7. The van der Waals surface area contributed by atoms with Crippen LogP contribution in [0.5, 0.6) is 23.0 Å². The zero-order chi connectivity index (χ0) is 60.8. The fraction of sp³-hybridized carbons (Fsp3) is 0.421. The predicted molar refractivity (Wildman–Crippen MR) is 394 cm³/mol. The maximum atomic E-state index is 6.54. The first-order chi connectivity index (χ1) is 43.5. The number of nitrogens with zero attached hydrogens (tertiary/aromatic N) is 2. The molecule has 9 rings (SSSR count). The second-order valence-electron chi connectivity index (χ2n) is 23.2. The summed E-state index contributed by atoms with van der Waals surface area (Å²) in [4.78, 5) is 19.3. The average Bonchev–Trinajstić information content (AvgIpc) is 2.04. The number of nitrogens with one attached hydrogen (secondary N) is 2. The van der Waals surface area contributed by atoms with Crippen molar-refractivity contribution in [2.75, 3.05) is 47.7 Å². The molecule has 0 unspecified atom stereocenters. The number of aromatic amines is 2. The second-order valence-corrected chi connectivity index (χ2v) is 26.4. The first kappa shape index (κ1) is 70.2. The Labute approximate surface area is 580 Å². The number of rotatable bonds is 40. The van der Waals surface area contributed by atoms with Crippen LogP contribution in [0.15, 0.2) is 121 Å². The molecule has 4 aromatic carbocycles. The highest BCUT2D eigenvalue weighted by Crippen LogP contribution is 2.41. The van der Waals surface area contributed by atoms with Crippen molar-refractivity contribution in [3.05, 3.63) is 144 Å². The molecule has 2 radical (unpaired) electrons. The van der Waals surface area contributed by atoms with Gasteiger partial charge in [0.25, 0.3) is 0 Å². The van der Waals surface area contributed by atoms with Gasteiger partial charge in [-0.1, -0.05) is 215 Å². The first-order valence-corrected chi connectivity index (χ1v) is 37.3. The van der Waals surface area contributed by atoms with Gasteiger partial charge in [-0.05, 0) is 171 Å². The number of benzene rings is 4. The van der Waals surface area contributed by atoms with E-state index < -0.39 is 0 Å². The van der Waals surface area contributed by atoms with E-state index in [1.54, 1.807) is 0 Å². The summed E-state index contributed by atoms with van der Waals surface area (Å²) in [5.74, 6) is 3.37. The fourth-order valence-electron chi connectivity index (χ4n) is 11.8. The van der Waals surface area contributed by atoms with Crippen LogP contribution < -0.4 is 18.9 Å². The Morgan fingerprint density at radius 2 is 0.483 bits per heavy atom. The molecule has 2 N–H and O–H groups in total. The maximum Gasteiger partial charge on any atom is 0.119 e. The largest absolute Gasteiger partial charge is 0.494 e. The van der Waals surface area contributed by atoms with Crippen molar-refractivity contribution in [2.45, 2.75) is 154 Å². The van der Waals surface area contributed by atoms with Crippen LogP contribution in [0.25, 0.3) is 90.9 Å². The van der Waals surface area contributed by atoms with Crippen LogP contribution in [0.4, 0.5) is 0 Å². The van der Waals surface area contributed by atoms with Crippen LogP contribution in [0, 0.1) is 0 Å². The van der Waals surface area contributed by atoms with Crippen LogP contribution in [0.2, 0.25) is 0 Å². The fourth-order valence-corrected chi connectivity index (χ4v) is 13.3. The molecule has 0 saturated heterocycles. The van der Waals surface area contributed by atoms with Crippen molar-refractivity contribution in [1.29, 1.82) is 0 Å². The van der Waals surface area contributed by atoms with Crippen LogP contribution in [-0.2, 0) is 0 Å². The highest BCUT2D eigenvalue weighted by molar-refractivity contribution is 9.09. The third-order valence-electron chi connectivity index (χ3n) is 16.4. The number of fused-ring (bicyclic) bond motifs is 8. The molecule has 0 saturated carbocycles. The number of H-pyrrole nitrogens is 2. The summed E-state index contributed by atoms with van der Waals surface area (Å²) in [5, 5.41) is 4.30. The molecule has 89 heavy (non-hydrogen) atoms. The molecule has 7 aromatic rings. The minimum atomic E-state index is 0. The SMILES string of the molecule is BrCCCCCCCCOc1cccc(-c2c3nc(c(-c4cccc(OCCCCCCCCBr)c4)c4ccc([nH]4)c(-c4cccc(OCCCCCCCCBr)c4)c4nc(c(-c5cccc(OCCCCCCCCBr)c5)c5ccc2[nH]5)C=C4)C=C3)c1.[Mg]. The molecule has 0 fully saturated rings. The van der Waals surface area contributed by atoms with Crippen molar-refractivity contribution in [1.82, 2.24) is 19.9 Å². The lowest BCUT2D eigenvalue weighted by molar-refractivity contribution is 0.304. The predicted octanol–water partition coefficient (Wildman–Crippen LogP) is 23.4. The van der Waals surface area contributed by atoms with Gasteiger partial charge in [0.15, 0.2) is 0 Å². The van der Waals surface area contributed by atoms with Gasteiger partial charge in [-0.2, -0.15) is 0 Å². The summed E-state index contributed by atoms with van der Waals surface area (Å²) in [5.41, 5.74) is 15.0. The molecule has 8 bridgehead atoms. The number of hydrogen-bond acceptors (Lipinski definition) is 6. The Morgan fingerprint density at radius 1 is 0.270 bits per heavy atom. The molecule has 2 aliphatic rings. The Bertz CT molecular complexity index is 3060. The number of ether oxygens (including phenoxy) is 4. The summed E-state index contributed by atoms with van der Waals surface area (Å²) in [6.45, 7) is 2.68. The number of hydrogen-bond donors (Lipinski definition) is 2. The van der Waals surface area contributed by atoms with Crippen LogP contribution in [-0.4, -0.2) is 90.7 Å². The summed E-state index contributed by atoms with van der Waals surface area (Å²) in [6, 6.07) is 42.9. The molecule has 0 spiro atoms. The molecule has 0 atom stereocenters. The zero-order valence-corrected chi connectivity index (χ0v) is 60.0. The van der Waals surface area contributed by atoms with Gasteiger partial charge in [0, 0.05) is 88.7 Å². The van der Waals surface area contributed by atoms with Gasteiger partial charge in [0.05, 0.1) is 49.2 Å². The monoisotopic (exact) mass is 1460 g/mol. The second kappa shape index (κ2) is 39.7. The van der Waals surface area contributed by atoms with Gasteiger partial charge < -0.3 is 28.9 Å². The van der Waals surface area contributed by atoms with Gasteiger partial charge in [-0.15, -0.1) is 0 Å². The first-order valence-electron chi connectivity index (χ1n) is 32.9. The van der Waals surface area contributed by atoms with Crippen molar-refractivity contribution in [3.63, 3.8) is 0 Å². The van der Waals surface area contributed by atoms with Crippen LogP contribution in [0.3, 0.4) is 0 Å². The van der Waals surface area contributed by atoms with Gasteiger partial charge in [0.1, 0.15) is 23.0 Å². The third-order valence-corrected chi connectivity index (χ3v) is 18.7. The summed E-state index contributed by atoms with van der Waals surface area (Å²) in [7, 11) is 0. The Morgan fingerprint density at radius 3 is 0.708 bits per heavy atom. The van der Waals surface area contributed by atoms with Crippen molar-refractivity contribution in [2.24, 2.45) is 0 Å². The molecular formula is C76H90Br4MgN4O4. The lowest BCUT2D eigenvalue weighted by Gasteiger charge is -2.11. The topological polar surface area (TPSA) is 94.3 Å². The number of unbranched alkanes of at least 4 members (excludes halogenated alkanes) is 20. The minimum Gasteiger partial charge on any atom is -0.494 e. The zero-order valence-electron chi connectivity index (χ0n) is 52.2. The van der Waals surface area contributed by atoms with Gasteiger partial charge in [-0.3, -0.25) is 0 Å². The van der Waals surface area contributed by atoms with E-state index in [9.17, 15) is 0 Å². The number of aromatic nitrogens is 4. The molecular weight excluding hydrogens is 1380 g/mol. The minimum absolute atomic E-state index is 0. The molecule has 5 heterocycles. The van der Waals surface area contributed by atoms with E-state index in [4.69, 9.17) is 28.9 Å². The highest BCUT2D eigenvalue weighted by Gasteiger charge is 2.21. The van der Waals surface area contributed by atoms with Gasteiger partial charge in [-0.25, -0.2) is 9.97 Å². The average molecular weight is 1470 g/mol. The smallest absolute Gasteiger partial charge is 0.119 e. The van der Waals surface area contributed by atoms with Crippen molar-refractivity contribution in [3.8, 4) is 67.5 Å². The number of alkyl halides is 4. The lowest BCUT2D eigenvalue weighted by Crippen LogP contribution is -1.98. The molecule has 13 heteroatoms. The molecule has 0 aliphatic carbocycles. The highest BCUT2D eigenvalue weighted by atomic mass is 79.9. The standard InChI is InChI=1S/C76H90Br4N4O4.Mg/c77-45-17-9-1-5-13-21-49-85-61-33-25-29-57(53-61)73-65-37-39-67(81-65)74(58-30-26-34-62(54-58)86-50-22-14-6-2-10-18-46-78)69-41-43-71(83-69)76(60-32-28-36-64(56-60)88-52-24-16-8-4-12-20-48-80)72-44-42-70(84-72)75(68-40-38-66(73)82-68)59-31-27-35-63(55-59)87-51-23-15-7-3-11-19-47-79;/h25-44,53-56,81,84H,1-24,45-52H2;.